The normalized spacial score (nSPS) is 22.0. The summed E-state index contributed by atoms with van der Waals surface area (Å²) in [6.07, 6.45) is 1.04. The number of ether oxygens (including phenoxy) is 2. The first kappa shape index (κ1) is 24.6. The van der Waals surface area contributed by atoms with Crippen molar-refractivity contribution in [2.45, 2.75) is 38.3 Å². The summed E-state index contributed by atoms with van der Waals surface area (Å²) in [5.74, 6) is 0.0669. The summed E-state index contributed by atoms with van der Waals surface area (Å²) in [5.41, 5.74) is 3.78. The van der Waals surface area contributed by atoms with Gasteiger partial charge in [0, 0.05) is 23.4 Å². The van der Waals surface area contributed by atoms with Gasteiger partial charge in [0.25, 0.3) is 0 Å². The maximum Gasteiger partial charge on any atom is 0.250 e. The number of fused-ring (bicyclic) bond motifs is 2. The Hall–Kier alpha value is -4.04. The second-order valence-electron chi connectivity index (χ2n) is 9.82. The van der Waals surface area contributed by atoms with Crippen molar-refractivity contribution >= 4 is 23.2 Å². The number of anilines is 2. The summed E-state index contributed by atoms with van der Waals surface area (Å²) >= 11 is 0. The topological polar surface area (TPSA) is 109 Å². The van der Waals surface area contributed by atoms with Crippen molar-refractivity contribution in [2.75, 3.05) is 24.9 Å². The van der Waals surface area contributed by atoms with Crippen LogP contribution >= 0.6 is 0 Å². The van der Waals surface area contributed by atoms with Gasteiger partial charge in [-0.1, -0.05) is 29.8 Å². The van der Waals surface area contributed by atoms with Crippen LogP contribution < -0.4 is 25.4 Å². The smallest absolute Gasteiger partial charge is 0.250 e. The first-order valence-electron chi connectivity index (χ1n) is 12.3. The highest BCUT2D eigenvalue weighted by molar-refractivity contribution is 6.11. The van der Waals surface area contributed by atoms with Gasteiger partial charge in [-0.15, -0.1) is 0 Å². The minimum absolute atomic E-state index is 0.148. The van der Waals surface area contributed by atoms with E-state index in [1.165, 1.54) is 7.11 Å². The van der Waals surface area contributed by atoms with E-state index in [0.717, 1.165) is 27.9 Å². The molecule has 1 saturated heterocycles. The molecule has 2 heterocycles. The number of carbonyl (C=O) groups is 2. The van der Waals surface area contributed by atoms with E-state index < -0.39 is 11.5 Å². The molecule has 37 heavy (non-hydrogen) atoms. The summed E-state index contributed by atoms with van der Waals surface area (Å²) in [6.45, 7) is 3.95. The van der Waals surface area contributed by atoms with E-state index in [1.807, 2.05) is 38.1 Å². The van der Waals surface area contributed by atoms with Crippen LogP contribution in [0.15, 0.2) is 54.6 Å². The SMILES string of the molecule is COc1ccc(OC)c(NC(=O)[C@@H]2C[C@@H](Cc3ccc(O)cc3)N[C@]23C(=O)Nc2c(C)cc(C)cc23)c1. The van der Waals surface area contributed by atoms with Gasteiger partial charge in [-0.3, -0.25) is 14.9 Å². The molecule has 0 unspecified atom stereocenters. The van der Waals surface area contributed by atoms with Gasteiger partial charge in [0.1, 0.15) is 22.8 Å². The maximum atomic E-state index is 14.0. The van der Waals surface area contributed by atoms with Crippen molar-refractivity contribution in [1.82, 2.24) is 5.32 Å². The molecule has 5 rings (SSSR count). The number of hydrogen-bond acceptors (Lipinski definition) is 6. The van der Waals surface area contributed by atoms with Gasteiger partial charge >= 0.3 is 0 Å². The largest absolute Gasteiger partial charge is 0.508 e. The van der Waals surface area contributed by atoms with Crippen LogP contribution in [-0.4, -0.2) is 37.2 Å². The van der Waals surface area contributed by atoms with Crippen LogP contribution in [0.1, 0.15) is 28.7 Å². The molecule has 3 aromatic rings. The van der Waals surface area contributed by atoms with E-state index in [-0.39, 0.29) is 23.6 Å². The molecule has 192 valence electrons. The molecule has 2 aliphatic heterocycles. The molecule has 1 fully saturated rings. The molecule has 8 nitrogen and oxygen atoms in total. The number of benzene rings is 3. The molecule has 4 N–H and O–H groups in total. The molecule has 0 saturated carbocycles. The first-order chi connectivity index (χ1) is 17.7. The minimum Gasteiger partial charge on any atom is -0.508 e. The van der Waals surface area contributed by atoms with Crippen LogP contribution in [0, 0.1) is 19.8 Å². The van der Waals surface area contributed by atoms with Gasteiger partial charge < -0.3 is 25.2 Å². The van der Waals surface area contributed by atoms with Crippen molar-refractivity contribution in [3.63, 3.8) is 0 Å². The number of phenolic OH excluding ortho intramolecular Hbond substituents is 1. The Morgan fingerprint density at radius 2 is 1.84 bits per heavy atom. The molecule has 3 atom stereocenters. The summed E-state index contributed by atoms with van der Waals surface area (Å²) in [5, 5.41) is 19.3. The van der Waals surface area contributed by atoms with Crippen molar-refractivity contribution in [3.8, 4) is 17.2 Å². The van der Waals surface area contributed by atoms with E-state index in [4.69, 9.17) is 9.47 Å². The lowest BCUT2D eigenvalue weighted by atomic mass is 9.78. The molecule has 0 bridgehead atoms. The lowest BCUT2D eigenvalue weighted by Gasteiger charge is -2.30. The number of aryl methyl sites for hydroxylation is 2. The highest BCUT2D eigenvalue weighted by Crippen LogP contribution is 2.49. The molecule has 1 spiro atoms. The van der Waals surface area contributed by atoms with Crippen molar-refractivity contribution < 1.29 is 24.2 Å². The molecule has 2 amide bonds. The van der Waals surface area contributed by atoms with Gasteiger partial charge in [-0.05, 0) is 62.1 Å². The standard InChI is InChI=1S/C29H31N3O5/c1-16-11-17(2)26-22(12-16)29(28(35)31-26)23(14-19(32-29)13-18-5-7-20(33)8-6-18)27(34)30-24-15-21(36-3)9-10-25(24)37-4/h5-12,15,19,23,32-33H,13-14H2,1-4H3,(H,30,34)(H,31,35)/t19-,23+,29+/m1/s1. The number of methoxy groups -OCH3 is 2. The quantitative estimate of drug-likeness (QED) is 0.406. The van der Waals surface area contributed by atoms with Crippen LogP contribution in [-0.2, 0) is 21.5 Å². The van der Waals surface area contributed by atoms with E-state index in [9.17, 15) is 14.7 Å². The molecule has 0 aliphatic carbocycles. The number of carbonyl (C=O) groups excluding carboxylic acids is 2. The number of phenols is 1. The van der Waals surface area contributed by atoms with Crippen molar-refractivity contribution in [1.29, 1.82) is 0 Å². The zero-order valence-electron chi connectivity index (χ0n) is 21.3. The van der Waals surface area contributed by atoms with E-state index in [2.05, 4.69) is 16.0 Å². The van der Waals surface area contributed by atoms with Crippen LogP contribution in [0.3, 0.4) is 0 Å². The fraction of sp³-hybridized carbons (Fsp3) is 0.310. The van der Waals surface area contributed by atoms with Crippen LogP contribution in [0.5, 0.6) is 17.2 Å². The average molecular weight is 502 g/mol. The molecular formula is C29H31N3O5. The second-order valence-corrected chi connectivity index (χ2v) is 9.82. The Balaban J connectivity index is 1.55. The van der Waals surface area contributed by atoms with Gasteiger partial charge in [0.15, 0.2) is 0 Å². The average Bonchev–Trinajstić information content (AvgIpc) is 3.39. The summed E-state index contributed by atoms with van der Waals surface area (Å²) in [4.78, 5) is 27.7. The molecule has 2 aliphatic rings. The van der Waals surface area contributed by atoms with Gasteiger partial charge in [-0.25, -0.2) is 0 Å². The van der Waals surface area contributed by atoms with Crippen LogP contribution in [0.2, 0.25) is 0 Å². The fourth-order valence-corrected chi connectivity index (χ4v) is 5.70. The number of hydrogen-bond donors (Lipinski definition) is 4. The van der Waals surface area contributed by atoms with Crippen molar-refractivity contribution in [2.24, 2.45) is 5.92 Å². The van der Waals surface area contributed by atoms with Crippen LogP contribution in [0.4, 0.5) is 11.4 Å². The third kappa shape index (κ3) is 4.27. The third-order valence-corrected chi connectivity index (χ3v) is 7.38. The van der Waals surface area contributed by atoms with E-state index in [0.29, 0.717) is 30.0 Å². The zero-order chi connectivity index (χ0) is 26.3. The zero-order valence-corrected chi connectivity index (χ0v) is 21.3. The molecule has 0 radical (unpaired) electrons. The predicted octanol–water partition coefficient (Wildman–Crippen LogP) is 4.03. The maximum absolute atomic E-state index is 14.0. The monoisotopic (exact) mass is 501 g/mol. The number of nitrogens with one attached hydrogen (secondary N) is 3. The Labute approximate surface area is 216 Å². The van der Waals surface area contributed by atoms with E-state index in [1.54, 1.807) is 37.4 Å². The Bertz CT molecular complexity index is 1370. The van der Waals surface area contributed by atoms with Gasteiger partial charge in [0.2, 0.25) is 11.8 Å². The second kappa shape index (κ2) is 9.44. The first-order valence-corrected chi connectivity index (χ1v) is 12.3. The summed E-state index contributed by atoms with van der Waals surface area (Å²) < 4.78 is 10.8. The predicted molar refractivity (Wildman–Crippen MR) is 141 cm³/mol. The van der Waals surface area contributed by atoms with E-state index >= 15 is 0 Å². The summed E-state index contributed by atoms with van der Waals surface area (Å²) in [6, 6.07) is 16.1. The van der Waals surface area contributed by atoms with Gasteiger partial charge in [-0.2, -0.15) is 0 Å². The third-order valence-electron chi connectivity index (χ3n) is 7.38. The minimum atomic E-state index is -1.22. The molecule has 8 heteroatoms. The summed E-state index contributed by atoms with van der Waals surface area (Å²) in [7, 11) is 3.09. The Morgan fingerprint density at radius 1 is 1.08 bits per heavy atom. The van der Waals surface area contributed by atoms with Crippen LogP contribution in [0.25, 0.3) is 0 Å². The highest BCUT2D eigenvalue weighted by Gasteiger charge is 2.60. The van der Waals surface area contributed by atoms with Crippen molar-refractivity contribution in [3.05, 3.63) is 76.9 Å². The molecule has 3 aromatic carbocycles. The molecular weight excluding hydrogens is 470 g/mol. The lowest BCUT2D eigenvalue weighted by molar-refractivity contribution is -0.130. The highest BCUT2D eigenvalue weighted by atomic mass is 16.5. The Kier molecular flexibility index (Phi) is 6.29. The number of rotatable bonds is 6. The van der Waals surface area contributed by atoms with Gasteiger partial charge in [0.05, 0.1) is 25.8 Å². The lowest BCUT2D eigenvalue weighted by Crippen LogP contribution is -2.52. The Morgan fingerprint density at radius 3 is 2.54 bits per heavy atom. The fourth-order valence-electron chi connectivity index (χ4n) is 5.70. The number of aromatic hydroxyl groups is 1. The molecule has 0 aromatic heterocycles. The number of amides is 2.